The van der Waals surface area contributed by atoms with Crippen molar-refractivity contribution < 1.29 is 0 Å². The lowest BCUT2D eigenvalue weighted by Gasteiger charge is -1.96. The highest BCUT2D eigenvalue weighted by Crippen LogP contribution is 2.07. The molecular formula is C8H8. The predicted octanol–water partition coefficient (Wildman–Crippen LogP) is 2.22. The van der Waals surface area contributed by atoms with Crippen molar-refractivity contribution in [1.82, 2.24) is 0 Å². The Bertz CT molecular complexity index is 168. The molecule has 0 N–H and O–H groups in total. The largest absolute Gasteiger partial charge is 0.0991 e. The lowest BCUT2D eigenvalue weighted by molar-refractivity contribution is 1.60. The van der Waals surface area contributed by atoms with Gasteiger partial charge in [0, 0.05) is 0 Å². The molecule has 0 heterocycles. The monoisotopic (exact) mass is 104 g/mol. The van der Waals surface area contributed by atoms with E-state index < -0.39 is 0 Å². The Morgan fingerprint density at radius 1 is 1.50 bits per heavy atom. The molecule has 0 radical (unpaired) electrons. The van der Waals surface area contributed by atoms with Gasteiger partial charge in [0.15, 0.2) is 0 Å². The quantitative estimate of drug-likeness (QED) is 0.471. The van der Waals surface area contributed by atoms with Crippen LogP contribution in [0.2, 0.25) is 0 Å². The van der Waals surface area contributed by atoms with Crippen molar-refractivity contribution in [2.45, 2.75) is 0 Å². The first-order valence-corrected chi connectivity index (χ1v) is 2.61. The summed E-state index contributed by atoms with van der Waals surface area (Å²) in [6.07, 6.45) is 11.8. The molecule has 0 aromatic heterocycles. The van der Waals surface area contributed by atoms with Crippen LogP contribution >= 0.6 is 0 Å². The molecule has 0 bridgehead atoms. The highest BCUT2D eigenvalue weighted by Gasteiger charge is 1.87. The first kappa shape index (κ1) is 5.10. The first-order valence-electron chi connectivity index (χ1n) is 2.61. The van der Waals surface area contributed by atoms with Gasteiger partial charge in [0.25, 0.3) is 0 Å². The lowest BCUT2D eigenvalue weighted by Crippen LogP contribution is -1.76. The molecule has 1 rings (SSSR count). The van der Waals surface area contributed by atoms with Gasteiger partial charge in [-0.25, -0.2) is 0 Å². The molecule has 0 aromatic rings. The molecule has 0 atom stereocenters. The van der Waals surface area contributed by atoms with Crippen LogP contribution in [-0.4, -0.2) is 0 Å². The highest BCUT2D eigenvalue weighted by atomic mass is 13.9. The molecule has 0 heteroatoms. The second kappa shape index (κ2) is 2.31. The van der Waals surface area contributed by atoms with Crippen molar-refractivity contribution in [3.63, 3.8) is 0 Å². The molecule has 1 aliphatic carbocycles. The number of rotatable bonds is 2. The summed E-state index contributed by atoms with van der Waals surface area (Å²) < 4.78 is 0. The van der Waals surface area contributed by atoms with Gasteiger partial charge in [-0.2, -0.15) is 0 Å². The number of hydrogen-bond acceptors (Lipinski definition) is 0. The third-order valence-electron chi connectivity index (χ3n) is 1.00. The Morgan fingerprint density at radius 2 is 2.25 bits per heavy atom. The molecular weight excluding hydrogens is 96.1 g/mol. The number of hydrogen-bond donors (Lipinski definition) is 0. The SMILES string of the molecule is C=CC=CC1=CC=C1. The fourth-order valence-electron chi connectivity index (χ4n) is 0.498. The molecule has 0 amide bonds. The fraction of sp³-hybridized carbons (Fsp3) is 0. The summed E-state index contributed by atoms with van der Waals surface area (Å²) in [6, 6.07) is 0. The number of allylic oxidation sites excluding steroid dienone is 7. The molecule has 0 saturated carbocycles. The summed E-state index contributed by atoms with van der Waals surface area (Å²) >= 11 is 0. The Labute approximate surface area is 49.5 Å². The zero-order valence-corrected chi connectivity index (χ0v) is 4.67. The van der Waals surface area contributed by atoms with Crippen LogP contribution in [-0.2, 0) is 0 Å². The van der Waals surface area contributed by atoms with Crippen molar-refractivity contribution in [2.75, 3.05) is 0 Å². The van der Waals surface area contributed by atoms with E-state index in [0.717, 1.165) is 0 Å². The summed E-state index contributed by atoms with van der Waals surface area (Å²) in [5.74, 6) is 0. The van der Waals surface area contributed by atoms with Gasteiger partial charge in [0.1, 0.15) is 0 Å². The van der Waals surface area contributed by atoms with E-state index in [1.54, 1.807) is 6.08 Å². The van der Waals surface area contributed by atoms with Gasteiger partial charge in [-0.15, -0.1) is 0 Å². The maximum atomic E-state index is 3.55. The summed E-state index contributed by atoms with van der Waals surface area (Å²) in [5, 5.41) is 0. The van der Waals surface area contributed by atoms with Crippen LogP contribution in [0.25, 0.3) is 0 Å². The molecule has 8 heavy (non-hydrogen) atoms. The van der Waals surface area contributed by atoms with Gasteiger partial charge in [-0.3, -0.25) is 0 Å². The third-order valence-corrected chi connectivity index (χ3v) is 1.00. The van der Waals surface area contributed by atoms with Gasteiger partial charge in [-0.1, -0.05) is 43.0 Å². The van der Waals surface area contributed by atoms with Crippen LogP contribution in [0.3, 0.4) is 0 Å². The summed E-state index contributed by atoms with van der Waals surface area (Å²) in [6.45, 7) is 3.55. The van der Waals surface area contributed by atoms with E-state index in [4.69, 9.17) is 0 Å². The molecule has 0 nitrogen and oxygen atoms in total. The Kier molecular flexibility index (Phi) is 1.48. The minimum absolute atomic E-state index is 1.27. The minimum atomic E-state index is 1.27. The molecule has 0 saturated heterocycles. The van der Waals surface area contributed by atoms with E-state index in [9.17, 15) is 0 Å². The molecule has 0 unspecified atom stereocenters. The smallest absolute Gasteiger partial charge is 0.0257 e. The Balaban J connectivity index is 2.40. The molecule has 0 spiro atoms. The minimum Gasteiger partial charge on any atom is -0.0991 e. The normalized spacial score (nSPS) is 15.8. The maximum Gasteiger partial charge on any atom is -0.0257 e. The second-order valence-electron chi connectivity index (χ2n) is 1.62. The highest BCUT2D eigenvalue weighted by molar-refractivity contribution is 5.43. The fourth-order valence-corrected chi connectivity index (χ4v) is 0.498. The van der Waals surface area contributed by atoms with Crippen LogP contribution in [0.1, 0.15) is 0 Å². The van der Waals surface area contributed by atoms with Crippen molar-refractivity contribution in [3.8, 4) is 0 Å². The Morgan fingerprint density at radius 3 is 2.62 bits per heavy atom. The standard InChI is InChI=1S/C8H8/c1-2-3-5-8-6-4-7-8/h2-7H,1H2. The average Bonchev–Trinajstić information content (AvgIpc) is 1.63. The van der Waals surface area contributed by atoms with Crippen molar-refractivity contribution in [3.05, 3.63) is 48.6 Å². The summed E-state index contributed by atoms with van der Waals surface area (Å²) in [5.41, 5.74) is 1.27. The third kappa shape index (κ3) is 0.969. The van der Waals surface area contributed by atoms with E-state index in [1.807, 2.05) is 18.2 Å². The molecule has 0 aliphatic heterocycles. The van der Waals surface area contributed by atoms with Crippen LogP contribution in [0.5, 0.6) is 0 Å². The lowest BCUT2D eigenvalue weighted by atomic mass is 10.1. The maximum absolute atomic E-state index is 3.55. The summed E-state index contributed by atoms with van der Waals surface area (Å²) in [7, 11) is 0. The first-order chi connectivity index (χ1) is 3.93. The zero-order chi connectivity index (χ0) is 5.82. The van der Waals surface area contributed by atoms with Crippen LogP contribution in [0.4, 0.5) is 0 Å². The van der Waals surface area contributed by atoms with Crippen LogP contribution in [0, 0.1) is 0 Å². The van der Waals surface area contributed by atoms with Crippen LogP contribution in [0.15, 0.2) is 48.6 Å². The van der Waals surface area contributed by atoms with Gasteiger partial charge in [0.2, 0.25) is 0 Å². The van der Waals surface area contributed by atoms with Gasteiger partial charge >= 0.3 is 0 Å². The van der Waals surface area contributed by atoms with E-state index in [1.165, 1.54) is 5.57 Å². The van der Waals surface area contributed by atoms with Crippen LogP contribution < -0.4 is 0 Å². The van der Waals surface area contributed by atoms with E-state index >= 15 is 0 Å². The molecule has 40 valence electrons. The topological polar surface area (TPSA) is 0 Å². The summed E-state index contributed by atoms with van der Waals surface area (Å²) in [4.78, 5) is 0. The molecule has 0 aromatic carbocycles. The average molecular weight is 104 g/mol. The van der Waals surface area contributed by atoms with Gasteiger partial charge < -0.3 is 0 Å². The second-order valence-corrected chi connectivity index (χ2v) is 1.62. The predicted molar refractivity (Wildman–Crippen MR) is 36.6 cm³/mol. The van der Waals surface area contributed by atoms with Crippen molar-refractivity contribution in [2.24, 2.45) is 0 Å². The van der Waals surface area contributed by atoms with E-state index in [-0.39, 0.29) is 0 Å². The van der Waals surface area contributed by atoms with Crippen molar-refractivity contribution >= 4 is 0 Å². The molecule has 1 aliphatic rings. The Hall–Kier alpha value is -1.04. The van der Waals surface area contributed by atoms with Crippen molar-refractivity contribution in [1.29, 1.82) is 0 Å². The zero-order valence-electron chi connectivity index (χ0n) is 4.67. The van der Waals surface area contributed by atoms with E-state index in [0.29, 0.717) is 0 Å². The van der Waals surface area contributed by atoms with Gasteiger partial charge in [0.05, 0.1) is 0 Å². The van der Waals surface area contributed by atoms with Gasteiger partial charge in [-0.05, 0) is 5.57 Å². The van der Waals surface area contributed by atoms with E-state index in [2.05, 4.69) is 18.7 Å². The molecule has 0 fully saturated rings.